The predicted octanol–water partition coefficient (Wildman–Crippen LogP) is 8.54. The van der Waals surface area contributed by atoms with E-state index < -0.39 is 11.8 Å². The molecule has 52 heavy (non-hydrogen) atoms. The predicted molar refractivity (Wildman–Crippen MR) is 208 cm³/mol. The number of thiazole rings is 1. The fourth-order valence-corrected chi connectivity index (χ4v) is 6.39. The fourth-order valence-electron chi connectivity index (χ4n) is 4.90. The quantitative estimate of drug-likeness (QED) is 0.0761. The third-order valence-corrected chi connectivity index (χ3v) is 9.32. The van der Waals surface area contributed by atoms with Gasteiger partial charge in [-0.05, 0) is 83.9 Å². The smallest absolute Gasteiger partial charge is 0.272 e. The number of hydrogen-bond acceptors (Lipinski definition) is 8. The minimum atomic E-state index is -0.509. The second kappa shape index (κ2) is 17.7. The van der Waals surface area contributed by atoms with Crippen LogP contribution in [0.1, 0.15) is 21.5 Å². The van der Waals surface area contributed by atoms with Crippen LogP contribution in [-0.4, -0.2) is 35.6 Å². The van der Waals surface area contributed by atoms with Crippen LogP contribution in [0.25, 0.3) is 17.3 Å². The summed E-state index contributed by atoms with van der Waals surface area (Å²) >= 11 is 2.67. The van der Waals surface area contributed by atoms with Crippen LogP contribution in [0.3, 0.4) is 0 Å². The lowest BCUT2D eigenvalue weighted by Crippen LogP contribution is -2.30. The van der Waals surface area contributed by atoms with E-state index in [9.17, 15) is 14.4 Å². The molecule has 0 saturated carbocycles. The zero-order valence-corrected chi connectivity index (χ0v) is 29.7. The van der Waals surface area contributed by atoms with Gasteiger partial charge < -0.3 is 25.4 Å². The second-order valence-corrected chi connectivity index (χ2v) is 13.2. The SMILES string of the molecule is COc1ccc(-c2csc(NC(=O)CSc3cccc(NC(=O)/C(=C/c4ccc(OCc5ccccc5)cc4)NC(=O)c4ccccc4)c3)n2)cc1. The average molecular weight is 727 g/mol. The standard InChI is InChI=1S/C41H34N4O5S2/c1-49-33-21-17-30(18-22-33)37-26-52-41(44-37)45-38(46)27-51-35-14-8-13-32(24-35)42-40(48)36(43-39(47)31-11-6-3-7-12-31)23-28-15-19-34(20-16-28)50-25-29-9-4-2-5-10-29/h2-24,26H,25,27H2,1H3,(H,42,48)(H,43,47)(H,44,45,46)/b36-23-. The molecule has 0 spiro atoms. The normalized spacial score (nSPS) is 11.0. The summed E-state index contributed by atoms with van der Waals surface area (Å²) in [6, 6.07) is 40.5. The van der Waals surface area contributed by atoms with Gasteiger partial charge in [-0.25, -0.2) is 4.98 Å². The van der Waals surface area contributed by atoms with Gasteiger partial charge in [0.2, 0.25) is 5.91 Å². The number of thioether (sulfide) groups is 1. The number of nitrogens with zero attached hydrogens (tertiary/aromatic N) is 1. The number of hydrogen-bond donors (Lipinski definition) is 3. The van der Waals surface area contributed by atoms with Gasteiger partial charge >= 0.3 is 0 Å². The van der Waals surface area contributed by atoms with Crippen LogP contribution >= 0.6 is 23.1 Å². The van der Waals surface area contributed by atoms with Gasteiger partial charge in [0, 0.05) is 27.1 Å². The summed E-state index contributed by atoms with van der Waals surface area (Å²) in [6.45, 7) is 0.427. The van der Waals surface area contributed by atoms with Crippen molar-refractivity contribution < 1.29 is 23.9 Å². The molecule has 1 heterocycles. The Morgan fingerprint density at radius 3 is 2.23 bits per heavy atom. The molecule has 9 nitrogen and oxygen atoms in total. The summed E-state index contributed by atoms with van der Waals surface area (Å²) in [5.74, 6) is 0.431. The van der Waals surface area contributed by atoms with E-state index in [1.54, 1.807) is 55.7 Å². The molecule has 0 aliphatic rings. The number of ether oxygens (including phenoxy) is 2. The third kappa shape index (κ3) is 10.2. The Balaban J connectivity index is 1.09. The summed E-state index contributed by atoms with van der Waals surface area (Å²) in [5, 5.41) is 10.9. The van der Waals surface area contributed by atoms with Crippen LogP contribution in [0.4, 0.5) is 10.8 Å². The molecule has 6 rings (SSSR count). The number of anilines is 2. The lowest BCUT2D eigenvalue weighted by molar-refractivity contribution is -0.114. The molecule has 3 N–H and O–H groups in total. The lowest BCUT2D eigenvalue weighted by Gasteiger charge is -2.12. The van der Waals surface area contributed by atoms with E-state index in [0.29, 0.717) is 34.3 Å². The first-order valence-electron chi connectivity index (χ1n) is 16.2. The highest BCUT2D eigenvalue weighted by Crippen LogP contribution is 2.27. The summed E-state index contributed by atoms with van der Waals surface area (Å²) < 4.78 is 11.1. The van der Waals surface area contributed by atoms with E-state index in [0.717, 1.165) is 27.5 Å². The Labute approximate surface area is 309 Å². The van der Waals surface area contributed by atoms with Gasteiger partial charge in [-0.15, -0.1) is 23.1 Å². The molecule has 11 heteroatoms. The van der Waals surface area contributed by atoms with Crippen molar-refractivity contribution in [3.05, 3.63) is 161 Å². The highest BCUT2D eigenvalue weighted by Gasteiger charge is 2.16. The van der Waals surface area contributed by atoms with Crippen LogP contribution in [0.2, 0.25) is 0 Å². The third-order valence-electron chi connectivity index (χ3n) is 7.57. The van der Waals surface area contributed by atoms with Crippen molar-refractivity contribution in [3.8, 4) is 22.8 Å². The van der Waals surface area contributed by atoms with E-state index in [2.05, 4.69) is 20.9 Å². The van der Waals surface area contributed by atoms with Gasteiger partial charge in [0.05, 0.1) is 18.6 Å². The number of methoxy groups -OCH3 is 1. The molecule has 0 saturated heterocycles. The molecule has 6 aromatic rings. The van der Waals surface area contributed by atoms with E-state index in [1.807, 2.05) is 96.4 Å². The molecular formula is C41H34N4O5S2. The molecule has 0 radical (unpaired) electrons. The Hall–Kier alpha value is -6.17. The minimum absolute atomic E-state index is 0.0571. The molecular weight excluding hydrogens is 693 g/mol. The van der Waals surface area contributed by atoms with Crippen molar-refractivity contribution in [1.82, 2.24) is 10.3 Å². The first-order chi connectivity index (χ1) is 25.4. The first kappa shape index (κ1) is 35.6. The van der Waals surface area contributed by atoms with Crippen molar-refractivity contribution in [2.24, 2.45) is 0 Å². The molecule has 3 amide bonds. The molecule has 0 unspecified atom stereocenters. The minimum Gasteiger partial charge on any atom is -0.497 e. The Bertz CT molecular complexity index is 2150. The highest BCUT2D eigenvalue weighted by molar-refractivity contribution is 8.00. The van der Waals surface area contributed by atoms with Gasteiger partial charge in [-0.2, -0.15) is 0 Å². The molecule has 0 bridgehead atoms. The zero-order valence-electron chi connectivity index (χ0n) is 28.1. The number of carbonyl (C=O) groups excluding carboxylic acids is 3. The molecule has 260 valence electrons. The van der Waals surface area contributed by atoms with Crippen molar-refractivity contribution in [2.45, 2.75) is 11.5 Å². The molecule has 0 atom stereocenters. The van der Waals surface area contributed by atoms with Crippen molar-refractivity contribution >= 4 is 57.7 Å². The summed E-state index contributed by atoms with van der Waals surface area (Å²) in [6.07, 6.45) is 1.61. The number of aromatic nitrogens is 1. The maximum atomic E-state index is 13.6. The van der Waals surface area contributed by atoms with Crippen molar-refractivity contribution in [2.75, 3.05) is 23.5 Å². The van der Waals surface area contributed by atoms with Gasteiger partial charge in [0.15, 0.2) is 5.13 Å². The van der Waals surface area contributed by atoms with E-state index in [-0.39, 0.29) is 17.4 Å². The van der Waals surface area contributed by atoms with E-state index in [1.165, 1.54) is 23.1 Å². The number of carbonyl (C=O) groups is 3. The first-order valence-corrected chi connectivity index (χ1v) is 18.1. The summed E-state index contributed by atoms with van der Waals surface area (Å²) in [5.41, 5.74) is 4.40. The Morgan fingerprint density at radius 2 is 1.50 bits per heavy atom. The molecule has 1 aromatic heterocycles. The highest BCUT2D eigenvalue weighted by atomic mass is 32.2. The Morgan fingerprint density at radius 1 is 0.788 bits per heavy atom. The Kier molecular flexibility index (Phi) is 12.1. The molecule has 0 fully saturated rings. The van der Waals surface area contributed by atoms with Crippen LogP contribution < -0.4 is 25.4 Å². The largest absolute Gasteiger partial charge is 0.497 e. The number of amides is 3. The maximum absolute atomic E-state index is 13.6. The van der Waals surface area contributed by atoms with Gasteiger partial charge in [0.1, 0.15) is 23.8 Å². The molecule has 0 aliphatic carbocycles. The van der Waals surface area contributed by atoms with Crippen LogP contribution in [0, 0.1) is 0 Å². The number of benzene rings is 5. The topological polar surface area (TPSA) is 119 Å². The number of rotatable bonds is 14. The van der Waals surface area contributed by atoms with Crippen LogP contribution in [0.5, 0.6) is 11.5 Å². The zero-order chi connectivity index (χ0) is 36.1. The van der Waals surface area contributed by atoms with Gasteiger partial charge in [-0.1, -0.05) is 66.7 Å². The van der Waals surface area contributed by atoms with Crippen molar-refractivity contribution in [3.63, 3.8) is 0 Å². The van der Waals surface area contributed by atoms with Crippen molar-refractivity contribution in [1.29, 1.82) is 0 Å². The maximum Gasteiger partial charge on any atom is 0.272 e. The summed E-state index contributed by atoms with van der Waals surface area (Å²) in [7, 11) is 1.62. The van der Waals surface area contributed by atoms with Crippen LogP contribution in [0.15, 0.2) is 149 Å². The second-order valence-electron chi connectivity index (χ2n) is 11.3. The molecule has 5 aromatic carbocycles. The van der Waals surface area contributed by atoms with E-state index in [4.69, 9.17) is 9.47 Å². The average Bonchev–Trinajstić information content (AvgIpc) is 3.65. The monoisotopic (exact) mass is 726 g/mol. The molecule has 0 aliphatic heterocycles. The summed E-state index contributed by atoms with van der Waals surface area (Å²) in [4.78, 5) is 44.8. The number of nitrogens with one attached hydrogen (secondary N) is 3. The van der Waals surface area contributed by atoms with Crippen LogP contribution in [-0.2, 0) is 16.2 Å². The fraction of sp³-hybridized carbons (Fsp3) is 0.0732. The lowest BCUT2D eigenvalue weighted by atomic mass is 10.1. The van der Waals surface area contributed by atoms with Gasteiger partial charge in [-0.3, -0.25) is 14.4 Å². The van der Waals surface area contributed by atoms with Gasteiger partial charge in [0.25, 0.3) is 11.8 Å². The van der Waals surface area contributed by atoms with E-state index >= 15 is 0 Å².